The molecular weight excluding hydrogens is 248 g/mol. The van der Waals surface area contributed by atoms with Crippen molar-refractivity contribution in [2.24, 2.45) is 0 Å². The van der Waals surface area contributed by atoms with E-state index >= 15 is 0 Å². The van der Waals surface area contributed by atoms with Gasteiger partial charge in [0.2, 0.25) is 0 Å². The molecule has 0 aromatic carbocycles. The van der Waals surface area contributed by atoms with Crippen molar-refractivity contribution in [1.29, 1.82) is 0 Å². The van der Waals surface area contributed by atoms with Crippen LogP contribution in [0.3, 0.4) is 0 Å². The molecule has 114 valence electrons. The van der Waals surface area contributed by atoms with Crippen molar-refractivity contribution in [3.05, 3.63) is 36.5 Å². The van der Waals surface area contributed by atoms with Gasteiger partial charge >= 0.3 is 5.97 Å². The molecule has 1 N–H and O–H groups in total. The highest BCUT2D eigenvalue weighted by molar-refractivity contribution is 5.79. The Kier molecular flexibility index (Phi) is 14.7. The maximum absolute atomic E-state index is 10.2. The Morgan fingerprint density at radius 2 is 1.35 bits per heavy atom. The number of rotatable bonds is 13. The number of carbonyl (C=O) groups is 1. The highest BCUT2D eigenvalue weighted by Gasteiger charge is 1.89. The van der Waals surface area contributed by atoms with Crippen molar-refractivity contribution in [1.82, 2.24) is 0 Å². The number of unbranched alkanes of at least 4 members (excludes halogenated alkanes) is 7. The van der Waals surface area contributed by atoms with Gasteiger partial charge in [0.1, 0.15) is 0 Å². The second-order valence-electron chi connectivity index (χ2n) is 5.05. The van der Waals surface area contributed by atoms with Gasteiger partial charge in [-0.25, -0.2) is 4.79 Å². The number of carboxylic acids is 1. The summed E-state index contributed by atoms with van der Waals surface area (Å²) in [7, 11) is 0. The number of hydrogen-bond acceptors (Lipinski definition) is 1. The van der Waals surface area contributed by atoms with E-state index in [9.17, 15) is 4.79 Å². The second kappa shape index (κ2) is 15.7. The summed E-state index contributed by atoms with van der Waals surface area (Å²) in [5.41, 5.74) is 0. The Bertz CT molecular complexity index is 301. The van der Waals surface area contributed by atoms with Crippen LogP contribution in [0.25, 0.3) is 0 Å². The van der Waals surface area contributed by atoms with Crippen LogP contribution in [0.5, 0.6) is 0 Å². The minimum absolute atomic E-state index is 0.848. The van der Waals surface area contributed by atoms with Crippen LogP contribution in [0.4, 0.5) is 0 Å². The minimum atomic E-state index is -0.848. The number of carboxylic acid groups (broad SMARTS) is 1. The molecule has 0 saturated heterocycles. The first kappa shape index (κ1) is 18.7. The van der Waals surface area contributed by atoms with Crippen LogP contribution in [0.15, 0.2) is 36.5 Å². The van der Waals surface area contributed by atoms with Gasteiger partial charge in [-0.15, -0.1) is 0 Å². The summed E-state index contributed by atoms with van der Waals surface area (Å²) in [6.07, 6.45) is 23.6. The Balaban J connectivity index is 3.23. The van der Waals surface area contributed by atoms with Crippen LogP contribution in [0, 0.1) is 0 Å². The van der Waals surface area contributed by atoms with Crippen LogP contribution < -0.4 is 0 Å². The molecule has 0 saturated carbocycles. The summed E-state index contributed by atoms with van der Waals surface area (Å²) in [6.45, 7) is 2.22. The van der Waals surface area contributed by atoms with Crippen LogP contribution in [0.1, 0.15) is 71.1 Å². The summed E-state index contributed by atoms with van der Waals surface area (Å²) in [6, 6.07) is 0. The van der Waals surface area contributed by atoms with Crippen molar-refractivity contribution < 1.29 is 9.90 Å². The predicted molar refractivity (Wildman–Crippen MR) is 86.9 cm³/mol. The average molecular weight is 278 g/mol. The third-order valence-electron chi connectivity index (χ3n) is 3.08. The summed E-state index contributed by atoms with van der Waals surface area (Å²) in [5, 5.41) is 8.42. The molecule has 0 bridgehead atoms. The van der Waals surface area contributed by atoms with Crippen LogP contribution in [-0.2, 0) is 4.79 Å². The summed E-state index contributed by atoms with van der Waals surface area (Å²) >= 11 is 0. The van der Waals surface area contributed by atoms with Gasteiger partial charge in [-0.3, -0.25) is 0 Å². The van der Waals surface area contributed by atoms with E-state index in [0.717, 1.165) is 25.7 Å². The quantitative estimate of drug-likeness (QED) is 0.268. The van der Waals surface area contributed by atoms with E-state index < -0.39 is 5.97 Å². The minimum Gasteiger partial charge on any atom is -0.478 e. The Labute approximate surface area is 124 Å². The van der Waals surface area contributed by atoms with E-state index in [-0.39, 0.29) is 0 Å². The van der Waals surface area contributed by atoms with Gasteiger partial charge in [-0.1, -0.05) is 63.0 Å². The van der Waals surface area contributed by atoms with E-state index in [1.165, 1.54) is 44.6 Å². The van der Waals surface area contributed by atoms with Crippen LogP contribution in [-0.4, -0.2) is 11.1 Å². The summed E-state index contributed by atoms with van der Waals surface area (Å²) in [5.74, 6) is -0.848. The lowest BCUT2D eigenvalue weighted by Gasteiger charge is -1.96. The van der Waals surface area contributed by atoms with Crippen molar-refractivity contribution in [3.8, 4) is 0 Å². The SMILES string of the molecule is CCCCC=CCC=CCCCCCCC=CC(=O)O. The van der Waals surface area contributed by atoms with Crippen LogP contribution >= 0.6 is 0 Å². The monoisotopic (exact) mass is 278 g/mol. The molecule has 20 heavy (non-hydrogen) atoms. The molecule has 0 fully saturated rings. The van der Waals surface area contributed by atoms with Gasteiger partial charge in [0.05, 0.1) is 0 Å². The van der Waals surface area contributed by atoms with Gasteiger partial charge in [0, 0.05) is 6.08 Å². The largest absolute Gasteiger partial charge is 0.478 e. The molecule has 0 heterocycles. The number of aliphatic carboxylic acids is 1. The highest BCUT2D eigenvalue weighted by atomic mass is 16.4. The van der Waals surface area contributed by atoms with E-state index in [2.05, 4.69) is 31.2 Å². The first-order chi connectivity index (χ1) is 9.77. The van der Waals surface area contributed by atoms with Crippen molar-refractivity contribution in [3.63, 3.8) is 0 Å². The molecule has 0 radical (unpaired) electrons. The average Bonchev–Trinajstić information content (AvgIpc) is 2.43. The lowest BCUT2D eigenvalue weighted by atomic mass is 10.1. The lowest BCUT2D eigenvalue weighted by Crippen LogP contribution is -1.85. The topological polar surface area (TPSA) is 37.3 Å². The zero-order chi connectivity index (χ0) is 14.9. The number of allylic oxidation sites excluding steroid dienone is 5. The first-order valence-electron chi connectivity index (χ1n) is 7.96. The molecule has 0 aromatic rings. The fourth-order valence-electron chi connectivity index (χ4n) is 1.89. The standard InChI is InChI=1S/C18H30O2/c1-2-3-4-5-6-7-8-9-10-11-12-13-14-15-16-17-18(19)20/h5-6,8-9,16-17H,2-4,7,10-15H2,1H3,(H,19,20). The second-order valence-corrected chi connectivity index (χ2v) is 5.05. The maximum Gasteiger partial charge on any atom is 0.327 e. The molecule has 0 aliphatic heterocycles. The van der Waals surface area contributed by atoms with Crippen LogP contribution in [0.2, 0.25) is 0 Å². The van der Waals surface area contributed by atoms with Gasteiger partial charge in [0.25, 0.3) is 0 Å². The summed E-state index contributed by atoms with van der Waals surface area (Å²) in [4.78, 5) is 10.2. The first-order valence-corrected chi connectivity index (χ1v) is 7.96. The van der Waals surface area contributed by atoms with Gasteiger partial charge < -0.3 is 5.11 Å². The van der Waals surface area contributed by atoms with Gasteiger partial charge in [-0.05, 0) is 38.5 Å². The third-order valence-corrected chi connectivity index (χ3v) is 3.08. The molecule has 0 rings (SSSR count). The van der Waals surface area contributed by atoms with Gasteiger partial charge in [0.15, 0.2) is 0 Å². The lowest BCUT2D eigenvalue weighted by molar-refractivity contribution is -0.131. The van der Waals surface area contributed by atoms with E-state index in [1.54, 1.807) is 6.08 Å². The fourth-order valence-corrected chi connectivity index (χ4v) is 1.89. The van der Waals surface area contributed by atoms with Gasteiger partial charge in [-0.2, -0.15) is 0 Å². The van der Waals surface area contributed by atoms with E-state index in [4.69, 9.17) is 5.11 Å². The van der Waals surface area contributed by atoms with Crippen molar-refractivity contribution in [2.75, 3.05) is 0 Å². The maximum atomic E-state index is 10.2. The van der Waals surface area contributed by atoms with Crippen molar-refractivity contribution in [2.45, 2.75) is 71.1 Å². The van der Waals surface area contributed by atoms with E-state index in [0.29, 0.717) is 0 Å². The number of hydrogen-bond donors (Lipinski definition) is 1. The third kappa shape index (κ3) is 16.7. The van der Waals surface area contributed by atoms with Crippen molar-refractivity contribution >= 4 is 5.97 Å². The normalized spacial score (nSPS) is 12.1. The highest BCUT2D eigenvalue weighted by Crippen LogP contribution is 2.06. The fraction of sp³-hybridized carbons (Fsp3) is 0.611. The molecule has 2 nitrogen and oxygen atoms in total. The molecular formula is C18H30O2. The molecule has 0 amide bonds. The Morgan fingerprint density at radius 3 is 1.90 bits per heavy atom. The predicted octanol–water partition coefficient (Wildman–Crippen LogP) is 5.66. The summed E-state index contributed by atoms with van der Waals surface area (Å²) < 4.78 is 0. The molecule has 0 aliphatic carbocycles. The zero-order valence-electron chi connectivity index (χ0n) is 12.9. The van der Waals surface area contributed by atoms with E-state index in [1.807, 2.05) is 0 Å². The zero-order valence-corrected chi connectivity index (χ0v) is 12.9. The molecule has 0 aliphatic rings. The molecule has 0 aromatic heterocycles. The Hall–Kier alpha value is -1.31. The Morgan fingerprint density at radius 1 is 0.800 bits per heavy atom. The molecule has 0 atom stereocenters. The smallest absolute Gasteiger partial charge is 0.327 e. The molecule has 2 heteroatoms. The molecule has 0 unspecified atom stereocenters. The molecule has 0 spiro atoms.